The van der Waals surface area contributed by atoms with E-state index in [-0.39, 0.29) is 6.61 Å². The smallest absolute Gasteiger partial charge is 0.325 e. The minimum absolute atomic E-state index is 0.0394. The molecule has 1 heterocycles. The van der Waals surface area contributed by atoms with Crippen molar-refractivity contribution in [1.29, 1.82) is 0 Å². The van der Waals surface area contributed by atoms with E-state index in [4.69, 9.17) is 5.11 Å². The Morgan fingerprint density at radius 1 is 1.46 bits per heavy atom. The Morgan fingerprint density at radius 2 is 2.23 bits per heavy atom. The Balaban J connectivity index is 2.90. The van der Waals surface area contributed by atoms with Crippen molar-refractivity contribution >= 4 is 6.08 Å². The molecule has 0 saturated heterocycles. The number of aromatic amines is 2. The molecule has 0 aliphatic rings. The fourth-order valence-electron chi connectivity index (χ4n) is 0.829. The molecule has 1 aromatic heterocycles. The first-order valence-corrected chi connectivity index (χ1v) is 3.83. The maximum atomic E-state index is 11.0. The average Bonchev–Trinajstić information content (AvgIpc) is 2.09. The molecule has 0 unspecified atom stereocenters. The van der Waals surface area contributed by atoms with Crippen LogP contribution in [0.5, 0.6) is 0 Å². The van der Waals surface area contributed by atoms with Crippen molar-refractivity contribution in [3.63, 3.8) is 0 Å². The number of aromatic nitrogens is 2. The number of hydrogen-bond donors (Lipinski definition) is 3. The molecule has 0 radical (unpaired) electrons. The van der Waals surface area contributed by atoms with Crippen LogP contribution in [0.15, 0.2) is 21.9 Å². The summed E-state index contributed by atoms with van der Waals surface area (Å²) in [5.41, 5.74) is -0.588. The first kappa shape index (κ1) is 9.47. The lowest BCUT2D eigenvalue weighted by Gasteiger charge is -1.89. The van der Waals surface area contributed by atoms with Gasteiger partial charge in [-0.3, -0.25) is 9.78 Å². The van der Waals surface area contributed by atoms with Crippen LogP contribution in [0.3, 0.4) is 0 Å². The summed E-state index contributed by atoms with van der Waals surface area (Å²) in [7, 11) is 0. The normalized spacial score (nSPS) is 10.8. The highest BCUT2D eigenvalue weighted by molar-refractivity contribution is 5.45. The minimum atomic E-state index is -0.524. The molecule has 0 atom stereocenters. The molecule has 0 amide bonds. The van der Waals surface area contributed by atoms with E-state index in [0.29, 0.717) is 12.0 Å². The molecule has 5 heteroatoms. The first-order chi connectivity index (χ1) is 6.24. The summed E-state index contributed by atoms with van der Waals surface area (Å²) in [5, 5.41) is 8.46. The summed E-state index contributed by atoms with van der Waals surface area (Å²) in [6.07, 6.45) is 5.02. The summed E-state index contributed by atoms with van der Waals surface area (Å²) in [4.78, 5) is 26.1. The lowest BCUT2D eigenvalue weighted by molar-refractivity contribution is 0.303. The maximum Gasteiger partial charge on any atom is 0.325 e. The van der Waals surface area contributed by atoms with Gasteiger partial charge in [0.1, 0.15) is 0 Å². The van der Waals surface area contributed by atoms with Gasteiger partial charge < -0.3 is 10.1 Å². The van der Waals surface area contributed by atoms with Gasteiger partial charge >= 0.3 is 5.69 Å². The van der Waals surface area contributed by atoms with Gasteiger partial charge in [-0.2, -0.15) is 0 Å². The number of rotatable bonds is 3. The lowest BCUT2D eigenvalue weighted by Crippen LogP contribution is -2.22. The molecular weight excluding hydrogens is 172 g/mol. The number of aliphatic hydroxyl groups excluding tert-OH is 1. The van der Waals surface area contributed by atoms with E-state index in [1.807, 2.05) is 0 Å². The summed E-state index contributed by atoms with van der Waals surface area (Å²) in [6.45, 7) is 0.0394. The van der Waals surface area contributed by atoms with Crippen molar-refractivity contribution in [3.8, 4) is 0 Å². The van der Waals surface area contributed by atoms with Gasteiger partial charge in [-0.05, 0) is 6.42 Å². The molecule has 3 N–H and O–H groups in total. The van der Waals surface area contributed by atoms with E-state index < -0.39 is 11.2 Å². The molecule has 5 nitrogen and oxygen atoms in total. The van der Waals surface area contributed by atoms with E-state index in [1.165, 1.54) is 6.20 Å². The van der Waals surface area contributed by atoms with Crippen LogP contribution >= 0.6 is 0 Å². The Morgan fingerprint density at radius 3 is 2.85 bits per heavy atom. The molecular formula is C8H10N2O3. The maximum absolute atomic E-state index is 11.0. The van der Waals surface area contributed by atoms with Crippen LogP contribution in [-0.2, 0) is 0 Å². The van der Waals surface area contributed by atoms with Gasteiger partial charge in [-0.1, -0.05) is 12.2 Å². The lowest BCUT2D eigenvalue weighted by atomic mass is 10.3. The molecule has 1 aromatic rings. The van der Waals surface area contributed by atoms with E-state index in [2.05, 4.69) is 9.97 Å². The highest BCUT2D eigenvalue weighted by Crippen LogP contribution is 1.91. The quantitative estimate of drug-likeness (QED) is 0.586. The highest BCUT2D eigenvalue weighted by atomic mass is 16.2. The van der Waals surface area contributed by atoms with Gasteiger partial charge in [0.05, 0.1) is 5.56 Å². The molecule has 1 rings (SSSR count). The summed E-state index contributed by atoms with van der Waals surface area (Å²) in [5.74, 6) is 0. The van der Waals surface area contributed by atoms with Gasteiger partial charge in [0, 0.05) is 12.8 Å². The number of hydrogen-bond acceptors (Lipinski definition) is 3. The summed E-state index contributed by atoms with van der Waals surface area (Å²) in [6, 6.07) is 0. The Labute approximate surface area is 73.8 Å². The van der Waals surface area contributed by atoms with Gasteiger partial charge in [0.2, 0.25) is 0 Å². The van der Waals surface area contributed by atoms with Crippen molar-refractivity contribution in [2.75, 3.05) is 6.61 Å². The third-order valence-corrected chi connectivity index (χ3v) is 1.44. The van der Waals surface area contributed by atoms with E-state index in [9.17, 15) is 9.59 Å². The topological polar surface area (TPSA) is 85.9 Å². The first-order valence-electron chi connectivity index (χ1n) is 3.83. The average molecular weight is 182 g/mol. The molecule has 0 spiro atoms. The second-order valence-corrected chi connectivity index (χ2v) is 2.44. The van der Waals surface area contributed by atoms with Crippen molar-refractivity contribution < 1.29 is 5.11 Å². The molecule has 0 aliphatic carbocycles. The largest absolute Gasteiger partial charge is 0.396 e. The van der Waals surface area contributed by atoms with Crippen LogP contribution in [0.2, 0.25) is 0 Å². The number of aliphatic hydroxyl groups is 1. The predicted molar refractivity (Wildman–Crippen MR) is 48.4 cm³/mol. The molecule has 0 bridgehead atoms. The molecule has 0 aromatic carbocycles. The van der Waals surface area contributed by atoms with Crippen molar-refractivity contribution in [2.45, 2.75) is 6.42 Å². The fourth-order valence-corrected chi connectivity index (χ4v) is 0.829. The number of H-pyrrole nitrogens is 2. The van der Waals surface area contributed by atoms with Crippen LogP contribution in [0.1, 0.15) is 12.0 Å². The van der Waals surface area contributed by atoms with Crippen molar-refractivity contribution in [1.82, 2.24) is 9.97 Å². The number of nitrogens with one attached hydrogen (secondary N) is 2. The van der Waals surface area contributed by atoms with Gasteiger partial charge in [0.25, 0.3) is 5.56 Å². The van der Waals surface area contributed by atoms with E-state index in [1.54, 1.807) is 12.2 Å². The van der Waals surface area contributed by atoms with Crippen LogP contribution in [0.25, 0.3) is 6.08 Å². The monoisotopic (exact) mass is 182 g/mol. The Hall–Kier alpha value is -1.62. The second kappa shape index (κ2) is 4.42. The van der Waals surface area contributed by atoms with Gasteiger partial charge in [-0.25, -0.2) is 4.79 Å². The molecule has 0 fully saturated rings. The minimum Gasteiger partial charge on any atom is -0.396 e. The zero-order valence-electron chi connectivity index (χ0n) is 6.91. The zero-order chi connectivity index (χ0) is 9.68. The standard InChI is InChI=1S/C8H10N2O3/c11-4-2-1-3-6-5-9-8(13)10-7(6)12/h1,3,5,11H,2,4H2,(H2,9,10,12,13)/b3-1+. The molecule has 0 saturated carbocycles. The van der Waals surface area contributed by atoms with Crippen molar-refractivity contribution in [3.05, 3.63) is 38.7 Å². The molecule has 70 valence electrons. The second-order valence-electron chi connectivity index (χ2n) is 2.44. The SMILES string of the molecule is O=c1[nH]cc(/C=C/CCO)c(=O)[nH]1. The van der Waals surface area contributed by atoms with Crippen LogP contribution in [0.4, 0.5) is 0 Å². The third-order valence-electron chi connectivity index (χ3n) is 1.44. The molecule has 13 heavy (non-hydrogen) atoms. The van der Waals surface area contributed by atoms with Crippen molar-refractivity contribution in [2.24, 2.45) is 0 Å². The Bertz CT molecular complexity index is 402. The van der Waals surface area contributed by atoms with E-state index in [0.717, 1.165) is 0 Å². The predicted octanol–water partition coefficient (Wildman–Crippen LogP) is -0.541. The van der Waals surface area contributed by atoms with E-state index >= 15 is 0 Å². The Kier molecular flexibility index (Phi) is 3.22. The van der Waals surface area contributed by atoms with Crippen LogP contribution < -0.4 is 11.2 Å². The zero-order valence-corrected chi connectivity index (χ0v) is 6.91. The van der Waals surface area contributed by atoms with Crippen LogP contribution in [0, 0.1) is 0 Å². The van der Waals surface area contributed by atoms with Crippen LogP contribution in [-0.4, -0.2) is 21.7 Å². The highest BCUT2D eigenvalue weighted by Gasteiger charge is 1.93. The van der Waals surface area contributed by atoms with Gasteiger partial charge in [0.15, 0.2) is 0 Å². The molecule has 0 aliphatic heterocycles. The summed E-state index contributed by atoms with van der Waals surface area (Å²) < 4.78 is 0. The summed E-state index contributed by atoms with van der Waals surface area (Å²) >= 11 is 0. The third kappa shape index (κ3) is 2.72. The fraction of sp³-hybridized carbons (Fsp3) is 0.250. The van der Waals surface area contributed by atoms with Gasteiger partial charge in [-0.15, -0.1) is 0 Å².